The van der Waals surface area contributed by atoms with Crippen LogP contribution in [0, 0.1) is 19.3 Å². The molecule has 3 amide bonds. The Kier molecular flexibility index (Phi) is 10.0. The number of aryl methyl sites for hydroxylation is 2. The van der Waals surface area contributed by atoms with Gasteiger partial charge in [-0.2, -0.15) is 18.3 Å². The van der Waals surface area contributed by atoms with Crippen LogP contribution >= 0.6 is 11.6 Å². The van der Waals surface area contributed by atoms with Gasteiger partial charge in [0.2, 0.25) is 0 Å². The number of pyridine rings is 1. The van der Waals surface area contributed by atoms with Crippen molar-refractivity contribution in [3.63, 3.8) is 0 Å². The van der Waals surface area contributed by atoms with Gasteiger partial charge in [-0.05, 0) is 49.2 Å². The van der Waals surface area contributed by atoms with Crippen LogP contribution in [0.4, 0.5) is 29.5 Å². The molecule has 3 N–H and O–H groups in total. The van der Waals surface area contributed by atoms with Gasteiger partial charge in [-0.1, -0.05) is 17.7 Å². The van der Waals surface area contributed by atoms with Crippen molar-refractivity contribution >= 4 is 52.4 Å². The van der Waals surface area contributed by atoms with Gasteiger partial charge in [-0.3, -0.25) is 19.7 Å². The predicted molar refractivity (Wildman–Crippen MR) is 148 cm³/mol. The third-order valence-corrected chi connectivity index (χ3v) is 5.88. The number of methoxy groups -OCH3 is 1. The van der Waals surface area contributed by atoms with E-state index in [1.807, 2.05) is 0 Å². The van der Waals surface area contributed by atoms with Crippen molar-refractivity contribution in [2.24, 2.45) is 4.99 Å². The Morgan fingerprint density at radius 2 is 1.93 bits per heavy atom. The lowest BCUT2D eigenvalue weighted by molar-refractivity contribution is -0.141. The summed E-state index contributed by atoms with van der Waals surface area (Å²) in [4.78, 5) is 46.6. The fourth-order valence-corrected chi connectivity index (χ4v) is 3.87. The van der Waals surface area contributed by atoms with E-state index in [2.05, 4.69) is 30.6 Å². The summed E-state index contributed by atoms with van der Waals surface area (Å²) in [6, 6.07) is 7.01. The zero-order valence-corrected chi connectivity index (χ0v) is 23.6. The lowest BCUT2D eigenvalue weighted by atomic mass is 10.0. The summed E-state index contributed by atoms with van der Waals surface area (Å²) in [6.07, 6.45) is -3.46. The molecule has 0 aliphatic carbocycles. The van der Waals surface area contributed by atoms with Gasteiger partial charge in [0, 0.05) is 31.6 Å². The molecule has 2 aromatic heterocycles. The van der Waals surface area contributed by atoms with Crippen molar-refractivity contribution in [1.29, 1.82) is 5.41 Å². The zero-order chi connectivity index (χ0) is 31.2. The average molecular weight is 607 g/mol. The number of nitrogens with zero attached hydrogens (tertiary/aromatic N) is 5. The molecule has 12 nitrogen and oxygen atoms in total. The molecular weight excluding hydrogens is 581 g/mol. The topological polar surface area (TPSA) is 155 Å². The van der Waals surface area contributed by atoms with Crippen molar-refractivity contribution in [3.8, 4) is 0 Å². The minimum Gasteiger partial charge on any atom is -0.452 e. The van der Waals surface area contributed by atoms with Crippen LogP contribution in [-0.4, -0.2) is 63.3 Å². The number of rotatable bonds is 8. The van der Waals surface area contributed by atoms with E-state index in [9.17, 15) is 27.6 Å². The van der Waals surface area contributed by atoms with Gasteiger partial charge in [0.25, 0.3) is 11.8 Å². The van der Waals surface area contributed by atoms with Crippen molar-refractivity contribution < 1.29 is 32.3 Å². The second-order valence-electron chi connectivity index (χ2n) is 8.97. The number of nitrogens with one attached hydrogen (secondary N) is 3. The molecule has 0 bridgehead atoms. The molecule has 16 heteroatoms. The standard InChI is InChI=1S/C26H26ClF3N8O4/c1-14-10-15(2)21(17(11-14)23(39)36-37(3)25(41)42-4)34-24(40)19(33-22-18(27)6-5-8-32-22)12-16(31)13-38-9-7-20(35-38)26(28,29)30/h5-11,31H,12-13H2,1-4H3,(H,34,40)(H,36,39). The van der Waals surface area contributed by atoms with Crippen LogP contribution < -0.4 is 10.7 Å². The van der Waals surface area contributed by atoms with Gasteiger partial charge < -0.3 is 15.5 Å². The Morgan fingerprint density at radius 3 is 2.55 bits per heavy atom. The Bertz CT molecular complexity index is 1550. The van der Waals surface area contributed by atoms with Crippen LogP contribution in [0.1, 0.15) is 33.6 Å². The zero-order valence-electron chi connectivity index (χ0n) is 22.8. The van der Waals surface area contributed by atoms with E-state index in [4.69, 9.17) is 17.0 Å². The number of anilines is 1. The SMILES string of the molecule is COC(=O)N(C)NC(=O)c1cc(C)cc(C)c1NC(=O)C(CC(=N)Cn1ccc(C(F)(F)F)n1)=Nc1ncccc1Cl. The number of benzene rings is 1. The van der Waals surface area contributed by atoms with Crippen molar-refractivity contribution in [2.75, 3.05) is 19.5 Å². The number of alkyl halides is 3. The minimum absolute atomic E-state index is 0.0121. The highest BCUT2D eigenvalue weighted by molar-refractivity contribution is 6.46. The number of aliphatic imine (C=N–C) groups is 1. The first-order valence-electron chi connectivity index (χ1n) is 12.1. The average Bonchev–Trinajstić information content (AvgIpc) is 3.39. The van der Waals surface area contributed by atoms with E-state index < -0.39 is 36.2 Å². The molecule has 3 aromatic rings. The number of carbonyl (C=O) groups excluding carboxylic acids is 3. The fraction of sp³-hybridized carbons (Fsp3) is 0.269. The first kappa shape index (κ1) is 31.7. The molecule has 0 atom stereocenters. The molecule has 0 saturated carbocycles. The first-order valence-corrected chi connectivity index (χ1v) is 12.5. The number of amides is 3. The van der Waals surface area contributed by atoms with E-state index in [1.165, 1.54) is 25.4 Å². The molecule has 0 radical (unpaired) electrons. The smallest absolute Gasteiger partial charge is 0.435 e. The lowest BCUT2D eigenvalue weighted by Crippen LogP contribution is -2.43. The van der Waals surface area contributed by atoms with Gasteiger partial charge >= 0.3 is 12.3 Å². The van der Waals surface area contributed by atoms with Gasteiger partial charge in [-0.15, -0.1) is 0 Å². The maximum atomic E-state index is 13.5. The third-order valence-electron chi connectivity index (χ3n) is 5.59. The summed E-state index contributed by atoms with van der Waals surface area (Å²) >= 11 is 6.17. The molecule has 1 aromatic carbocycles. The third kappa shape index (κ3) is 8.13. The maximum Gasteiger partial charge on any atom is 0.435 e. The summed E-state index contributed by atoms with van der Waals surface area (Å²) < 4.78 is 44.3. The number of aromatic nitrogens is 3. The molecule has 0 aliphatic heterocycles. The van der Waals surface area contributed by atoms with E-state index in [-0.39, 0.29) is 40.1 Å². The molecule has 0 aliphatic rings. The minimum atomic E-state index is -4.66. The van der Waals surface area contributed by atoms with E-state index >= 15 is 0 Å². The molecule has 0 fully saturated rings. The van der Waals surface area contributed by atoms with E-state index in [0.29, 0.717) is 11.1 Å². The van der Waals surface area contributed by atoms with Gasteiger partial charge in [0.15, 0.2) is 11.5 Å². The number of hydrazine groups is 1. The summed E-state index contributed by atoms with van der Waals surface area (Å²) in [5, 5.41) is 15.3. The highest BCUT2D eigenvalue weighted by atomic mass is 35.5. The number of hydrogen-bond acceptors (Lipinski definition) is 8. The predicted octanol–water partition coefficient (Wildman–Crippen LogP) is 4.73. The Labute approximate surface area is 243 Å². The molecule has 2 heterocycles. The maximum absolute atomic E-state index is 13.5. The number of hydrogen-bond donors (Lipinski definition) is 3. The number of ether oxygens (including phenoxy) is 1. The molecule has 3 rings (SSSR count). The quantitative estimate of drug-likeness (QED) is 0.249. The Balaban J connectivity index is 1.94. The Hall–Kier alpha value is -4.79. The second kappa shape index (κ2) is 13.2. The van der Waals surface area contributed by atoms with Crippen LogP contribution in [0.15, 0.2) is 47.7 Å². The molecule has 0 saturated heterocycles. The van der Waals surface area contributed by atoms with Crippen molar-refractivity contribution in [3.05, 3.63) is 70.1 Å². The highest BCUT2D eigenvalue weighted by Crippen LogP contribution is 2.28. The first-order chi connectivity index (χ1) is 19.7. The lowest BCUT2D eigenvalue weighted by Gasteiger charge is -2.20. The molecular formula is C26H26ClF3N8O4. The normalized spacial score (nSPS) is 11.6. The Morgan fingerprint density at radius 1 is 1.21 bits per heavy atom. The molecule has 0 spiro atoms. The number of halogens is 4. The monoisotopic (exact) mass is 606 g/mol. The van der Waals surface area contributed by atoms with Crippen molar-refractivity contribution in [2.45, 2.75) is 33.0 Å². The molecule has 0 unspecified atom stereocenters. The van der Waals surface area contributed by atoms with E-state index in [0.717, 1.165) is 29.1 Å². The van der Waals surface area contributed by atoms with Crippen LogP contribution in [0.25, 0.3) is 0 Å². The van der Waals surface area contributed by atoms with Crippen LogP contribution in [0.3, 0.4) is 0 Å². The van der Waals surface area contributed by atoms with Crippen LogP contribution in [0.5, 0.6) is 0 Å². The molecule has 42 heavy (non-hydrogen) atoms. The summed E-state index contributed by atoms with van der Waals surface area (Å²) in [7, 11) is 2.41. The van der Waals surface area contributed by atoms with Gasteiger partial charge in [-0.25, -0.2) is 19.8 Å². The largest absolute Gasteiger partial charge is 0.452 e. The van der Waals surface area contributed by atoms with Gasteiger partial charge in [0.1, 0.15) is 5.71 Å². The van der Waals surface area contributed by atoms with Crippen LogP contribution in [-0.2, 0) is 22.3 Å². The summed E-state index contributed by atoms with van der Waals surface area (Å²) in [5.41, 5.74) is 2.05. The number of carbonyl (C=O) groups is 3. The van der Waals surface area contributed by atoms with Crippen molar-refractivity contribution in [1.82, 2.24) is 25.2 Å². The van der Waals surface area contributed by atoms with Crippen LogP contribution in [0.2, 0.25) is 5.02 Å². The second-order valence-corrected chi connectivity index (χ2v) is 9.38. The van der Waals surface area contributed by atoms with Gasteiger partial charge in [0.05, 0.1) is 29.9 Å². The highest BCUT2D eigenvalue weighted by Gasteiger charge is 2.33. The molecule has 222 valence electrons. The fourth-order valence-electron chi connectivity index (χ4n) is 3.71. The van der Waals surface area contributed by atoms with E-state index in [1.54, 1.807) is 26.0 Å². The summed E-state index contributed by atoms with van der Waals surface area (Å²) in [6.45, 7) is 3.01. The summed E-state index contributed by atoms with van der Waals surface area (Å²) in [5.74, 6) is -1.60.